The number of nitrogens with zero attached hydrogens (tertiary/aromatic N) is 2. The number of hydrogen-bond acceptors (Lipinski definition) is 2. The lowest BCUT2D eigenvalue weighted by Crippen LogP contribution is -2.33. The molecule has 0 radical (unpaired) electrons. The highest BCUT2D eigenvalue weighted by molar-refractivity contribution is 6.30. The summed E-state index contributed by atoms with van der Waals surface area (Å²) in [4.78, 5) is 11.7. The summed E-state index contributed by atoms with van der Waals surface area (Å²) in [6, 6.07) is -0.260. The summed E-state index contributed by atoms with van der Waals surface area (Å²) in [5, 5.41) is 7.44. The van der Waals surface area contributed by atoms with Crippen molar-refractivity contribution in [1.82, 2.24) is 15.1 Å². The fourth-order valence-electron chi connectivity index (χ4n) is 1.34. The molecule has 0 aliphatic rings. The van der Waals surface area contributed by atoms with Crippen LogP contribution in [-0.4, -0.2) is 22.2 Å². The van der Waals surface area contributed by atoms with Gasteiger partial charge in [0.25, 0.3) is 0 Å². The molecule has 0 saturated heterocycles. The van der Waals surface area contributed by atoms with E-state index in [0.29, 0.717) is 18.0 Å². The Morgan fingerprint density at radius 3 is 2.87 bits per heavy atom. The first-order valence-corrected chi connectivity index (χ1v) is 5.54. The third-order valence-corrected chi connectivity index (χ3v) is 2.32. The van der Waals surface area contributed by atoms with E-state index in [9.17, 15) is 4.79 Å². The van der Waals surface area contributed by atoms with Crippen LogP contribution in [-0.2, 0) is 4.79 Å². The molecular weight excluding hydrogens is 214 g/mol. The van der Waals surface area contributed by atoms with Gasteiger partial charge >= 0.3 is 0 Å². The molecule has 0 fully saturated rings. The summed E-state index contributed by atoms with van der Waals surface area (Å²) < 4.78 is 1.60. The van der Waals surface area contributed by atoms with Gasteiger partial charge in [-0.1, -0.05) is 25.4 Å². The summed E-state index contributed by atoms with van der Waals surface area (Å²) in [6.07, 6.45) is 4.84. The molecule has 0 aromatic carbocycles. The summed E-state index contributed by atoms with van der Waals surface area (Å²) in [5.41, 5.74) is 0. The van der Waals surface area contributed by atoms with E-state index in [0.717, 1.165) is 6.42 Å². The molecule has 0 spiro atoms. The van der Waals surface area contributed by atoms with Crippen LogP contribution in [0.2, 0.25) is 5.02 Å². The van der Waals surface area contributed by atoms with Gasteiger partial charge in [-0.25, -0.2) is 0 Å². The zero-order valence-electron chi connectivity index (χ0n) is 9.03. The molecule has 84 valence electrons. The molecule has 1 rings (SSSR count). The van der Waals surface area contributed by atoms with Crippen LogP contribution in [0.25, 0.3) is 0 Å². The highest BCUT2D eigenvalue weighted by Crippen LogP contribution is 2.14. The number of carbonyl (C=O) groups is 1. The molecule has 0 aliphatic heterocycles. The van der Waals surface area contributed by atoms with Crippen LogP contribution >= 0.6 is 11.6 Å². The fraction of sp³-hybridized carbons (Fsp3) is 0.600. The van der Waals surface area contributed by atoms with Gasteiger partial charge in [0, 0.05) is 12.7 Å². The van der Waals surface area contributed by atoms with Crippen molar-refractivity contribution in [3.63, 3.8) is 0 Å². The minimum absolute atomic E-state index is 0.000818. The number of nitrogens with one attached hydrogen (secondary N) is 1. The Balaban J connectivity index is 2.66. The Labute approximate surface area is 94.6 Å². The van der Waals surface area contributed by atoms with Crippen molar-refractivity contribution in [2.24, 2.45) is 0 Å². The average Bonchev–Trinajstić information content (AvgIpc) is 2.63. The van der Waals surface area contributed by atoms with Gasteiger partial charge in [-0.05, 0) is 12.8 Å². The zero-order valence-corrected chi connectivity index (χ0v) is 9.79. The number of carbonyl (C=O) groups excluding carboxylic acids is 1. The average molecular weight is 230 g/mol. The Hall–Kier alpha value is -1.03. The Bertz CT molecular complexity index is 324. The number of halogens is 1. The van der Waals surface area contributed by atoms with Crippen LogP contribution in [0, 0.1) is 0 Å². The summed E-state index contributed by atoms with van der Waals surface area (Å²) >= 11 is 5.76. The smallest absolute Gasteiger partial charge is 0.244 e. The first-order chi connectivity index (χ1) is 7.19. The number of hydrogen-bond donors (Lipinski definition) is 1. The van der Waals surface area contributed by atoms with Crippen molar-refractivity contribution in [1.29, 1.82) is 0 Å². The Kier molecular flexibility index (Phi) is 4.62. The molecular formula is C10H16ClN3O. The molecule has 1 atom stereocenters. The molecule has 1 N–H and O–H groups in total. The van der Waals surface area contributed by atoms with Crippen molar-refractivity contribution >= 4 is 17.5 Å². The minimum atomic E-state index is -0.260. The molecule has 15 heavy (non-hydrogen) atoms. The van der Waals surface area contributed by atoms with E-state index < -0.39 is 0 Å². The van der Waals surface area contributed by atoms with Crippen LogP contribution in [0.15, 0.2) is 12.4 Å². The van der Waals surface area contributed by atoms with E-state index in [1.165, 1.54) is 6.20 Å². The van der Waals surface area contributed by atoms with Crippen molar-refractivity contribution in [3.05, 3.63) is 17.4 Å². The van der Waals surface area contributed by atoms with E-state index in [2.05, 4.69) is 10.4 Å². The predicted octanol–water partition coefficient (Wildman–Crippen LogP) is 2.01. The summed E-state index contributed by atoms with van der Waals surface area (Å²) in [6.45, 7) is 4.67. The molecule has 0 bridgehead atoms. The van der Waals surface area contributed by atoms with Gasteiger partial charge in [-0.3, -0.25) is 9.48 Å². The van der Waals surface area contributed by atoms with Gasteiger partial charge in [0.15, 0.2) is 0 Å². The lowest BCUT2D eigenvalue weighted by Gasteiger charge is -2.14. The largest absolute Gasteiger partial charge is 0.354 e. The zero-order chi connectivity index (χ0) is 11.3. The highest BCUT2D eigenvalue weighted by atomic mass is 35.5. The standard InChI is InChI=1S/C10H16ClN3O/c1-3-5-12-10(15)9(4-2)14-7-8(11)6-13-14/h6-7,9H,3-5H2,1-2H3,(H,12,15). The second kappa shape index (κ2) is 5.75. The fourth-order valence-corrected chi connectivity index (χ4v) is 1.49. The van der Waals surface area contributed by atoms with Crippen molar-refractivity contribution < 1.29 is 4.79 Å². The molecule has 1 aromatic rings. The first-order valence-electron chi connectivity index (χ1n) is 5.16. The van der Waals surface area contributed by atoms with Gasteiger partial charge in [-0.2, -0.15) is 5.10 Å². The van der Waals surface area contributed by atoms with E-state index in [1.807, 2.05) is 13.8 Å². The maximum absolute atomic E-state index is 11.7. The van der Waals surface area contributed by atoms with Crippen LogP contribution < -0.4 is 5.32 Å². The summed E-state index contributed by atoms with van der Waals surface area (Å²) in [5.74, 6) is -0.000818. The van der Waals surface area contributed by atoms with Crippen molar-refractivity contribution in [3.8, 4) is 0 Å². The molecule has 0 aliphatic carbocycles. The molecule has 0 saturated carbocycles. The third-order valence-electron chi connectivity index (χ3n) is 2.13. The molecule has 1 heterocycles. The van der Waals surface area contributed by atoms with E-state index in [-0.39, 0.29) is 11.9 Å². The predicted molar refractivity (Wildman–Crippen MR) is 59.9 cm³/mol. The maximum Gasteiger partial charge on any atom is 0.244 e. The van der Waals surface area contributed by atoms with E-state index >= 15 is 0 Å². The lowest BCUT2D eigenvalue weighted by molar-refractivity contribution is -0.124. The lowest BCUT2D eigenvalue weighted by atomic mass is 10.2. The Morgan fingerprint density at radius 2 is 2.40 bits per heavy atom. The molecule has 1 amide bonds. The van der Waals surface area contributed by atoms with Crippen molar-refractivity contribution in [2.75, 3.05) is 6.54 Å². The van der Waals surface area contributed by atoms with Gasteiger partial charge in [0.1, 0.15) is 6.04 Å². The van der Waals surface area contributed by atoms with Gasteiger partial charge in [0.05, 0.1) is 11.2 Å². The molecule has 1 aromatic heterocycles. The van der Waals surface area contributed by atoms with Gasteiger partial charge in [-0.15, -0.1) is 0 Å². The second-order valence-corrected chi connectivity index (χ2v) is 3.79. The van der Waals surface area contributed by atoms with E-state index in [4.69, 9.17) is 11.6 Å². The number of aromatic nitrogens is 2. The molecule has 5 heteroatoms. The third kappa shape index (κ3) is 3.23. The maximum atomic E-state index is 11.7. The van der Waals surface area contributed by atoms with E-state index in [1.54, 1.807) is 10.9 Å². The number of amides is 1. The highest BCUT2D eigenvalue weighted by Gasteiger charge is 2.18. The Morgan fingerprint density at radius 1 is 1.67 bits per heavy atom. The minimum Gasteiger partial charge on any atom is -0.354 e. The molecule has 4 nitrogen and oxygen atoms in total. The number of rotatable bonds is 5. The topological polar surface area (TPSA) is 46.9 Å². The van der Waals surface area contributed by atoms with Gasteiger partial charge in [0.2, 0.25) is 5.91 Å². The normalized spacial score (nSPS) is 12.5. The second-order valence-electron chi connectivity index (χ2n) is 3.35. The van der Waals surface area contributed by atoms with Crippen LogP contribution in [0.3, 0.4) is 0 Å². The first kappa shape index (κ1) is 12.0. The monoisotopic (exact) mass is 229 g/mol. The van der Waals surface area contributed by atoms with Crippen LogP contribution in [0.5, 0.6) is 0 Å². The summed E-state index contributed by atoms with van der Waals surface area (Å²) in [7, 11) is 0. The van der Waals surface area contributed by atoms with Crippen LogP contribution in [0.1, 0.15) is 32.7 Å². The van der Waals surface area contributed by atoms with Crippen molar-refractivity contribution in [2.45, 2.75) is 32.7 Å². The molecule has 1 unspecified atom stereocenters. The van der Waals surface area contributed by atoms with Gasteiger partial charge < -0.3 is 5.32 Å². The van der Waals surface area contributed by atoms with Crippen LogP contribution in [0.4, 0.5) is 0 Å². The quantitative estimate of drug-likeness (QED) is 0.840. The SMILES string of the molecule is CCCNC(=O)C(CC)n1cc(Cl)cn1.